The Balaban J connectivity index is 1.75. The van der Waals surface area contributed by atoms with Crippen LogP contribution in [0.4, 0.5) is 0 Å². The largest absolute Gasteiger partial charge is 0.502 e. The van der Waals surface area contributed by atoms with Crippen molar-refractivity contribution in [1.82, 2.24) is 5.06 Å². The average molecular weight is 465 g/mol. The van der Waals surface area contributed by atoms with Gasteiger partial charge in [-0.3, -0.25) is 24.4 Å². The van der Waals surface area contributed by atoms with E-state index in [4.69, 9.17) is 9.47 Å². The van der Waals surface area contributed by atoms with Crippen LogP contribution in [-0.2, 0) is 19.2 Å². The van der Waals surface area contributed by atoms with Gasteiger partial charge in [0.1, 0.15) is 0 Å². The van der Waals surface area contributed by atoms with Crippen LogP contribution in [0.5, 0.6) is 17.2 Å². The van der Waals surface area contributed by atoms with E-state index < -0.39 is 35.5 Å². The number of phenolic OH excluding ortho intramolecular Hbond substituents is 1. The number of amides is 2. The lowest BCUT2D eigenvalue weighted by atomic mass is 9.59. The molecule has 34 heavy (non-hydrogen) atoms. The molecular weight excluding hydrogens is 442 g/mol. The summed E-state index contributed by atoms with van der Waals surface area (Å²) in [4.78, 5) is 51.7. The lowest BCUT2D eigenvalue weighted by molar-refractivity contribution is -0.173. The molecule has 0 spiro atoms. The Morgan fingerprint density at radius 3 is 2.26 bits per heavy atom. The summed E-state index contributed by atoms with van der Waals surface area (Å²) in [5, 5.41) is 20.6. The molecule has 9 heteroatoms. The third kappa shape index (κ3) is 2.89. The number of carbonyl (C=O) groups excluding carboxylic acids is 4. The zero-order valence-electron chi connectivity index (χ0n) is 18.8. The molecule has 4 unspecified atom stereocenters. The second-order valence-electron chi connectivity index (χ2n) is 8.99. The van der Waals surface area contributed by atoms with Crippen LogP contribution in [0, 0.1) is 17.8 Å². The number of phenols is 1. The molecule has 2 amide bonds. The van der Waals surface area contributed by atoms with E-state index in [0.29, 0.717) is 22.3 Å². The number of ether oxygens (including phenoxy) is 2. The second-order valence-corrected chi connectivity index (χ2v) is 8.99. The zero-order chi connectivity index (χ0) is 24.5. The minimum atomic E-state index is -0.829. The van der Waals surface area contributed by atoms with Crippen molar-refractivity contribution in [3.8, 4) is 17.2 Å². The Bertz CT molecular complexity index is 1240. The van der Waals surface area contributed by atoms with Crippen molar-refractivity contribution in [1.29, 1.82) is 0 Å². The van der Waals surface area contributed by atoms with Gasteiger partial charge in [0.25, 0.3) is 11.8 Å². The molecule has 0 bridgehead atoms. The van der Waals surface area contributed by atoms with E-state index in [1.807, 2.05) is 6.08 Å². The highest BCUT2D eigenvalue weighted by atomic mass is 16.5. The maximum absolute atomic E-state index is 13.3. The third-order valence-electron chi connectivity index (χ3n) is 7.38. The van der Waals surface area contributed by atoms with Crippen LogP contribution < -0.4 is 9.47 Å². The number of hydrogen-bond acceptors (Lipinski definition) is 8. The van der Waals surface area contributed by atoms with Crippen LogP contribution in [0.15, 0.2) is 46.6 Å². The van der Waals surface area contributed by atoms with Crippen LogP contribution in [0.3, 0.4) is 0 Å². The normalized spacial score (nSPS) is 28.3. The number of carbonyl (C=O) groups is 4. The number of aromatic hydroxyl groups is 1. The van der Waals surface area contributed by atoms with Gasteiger partial charge in [-0.1, -0.05) is 11.6 Å². The first kappa shape index (κ1) is 22.1. The zero-order valence-corrected chi connectivity index (χ0v) is 18.8. The standard InChI is InChI=1S/C25H23NO8/c1-10-6-16(27)15-9-14-12(4-5-13-20(14)25(31)26(32)24(13)30)19(21(15)22(10)28)11-7-17(33-2)23(29)18(8-11)34-3/h4,6-8,13-14,19-20,29,32H,5,9H2,1-3H3. The lowest BCUT2D eigenvalue weighted by Gasteiger charge is -2.42. The number of methoxy groups -OCH3 is 2. The average Bonchev–Trinajstić information content (AvgIpc) is 3.05. The summed E-state index contributed by atoms with van der Waals surface area (Å²) in [6.07, 6.45) is 3.47. The fourth-order valence-electron chi connectivity index (χ4n) is 5.80. The molecule has 9 nitrogen and oxygen atoms in total. The number of benzene rings is 1. The van der Waals surface area contributed by atoms with Crippen molar-refractivity contribution in [2.45, 2.75) is 25.7 Å². The number of nitrogens with zero attached hydrogens (tertiary/aromatic N) is 1. The molecule has 0 aromatic heterocycles. The molecule has 3 aliphatic carbocycles. The predicted molar refractivity (Wildman–Crippen MR) is 116 cm³/mol. The Hall–Kier alpha value is -3.72. The monoisotopic (exact) mass is 465 g/mol. The molecule has 4 aliphatic rings. The molecule has 1 heterocycles. The highest BCUT2D eigenvalue weighted by Crippen LogP contribution is 2.56. The van der Waals surface area contributed by atoms with E-state index in [2.05, 4.69) is 0 Å². The number of Topliss-reactive ketones (excluding diaryl/α,β-unsaturated/α-hetero) is 1. The van der Waals surface area contributed by atoms with Gasteiger partial charge in [-0.2, -0.15) is 5.06 Å². The van der Waals surface area contributed by atoms with Gasteiger partial charge in [0.05, 0.1) is 26.1 Å². The number of ketones is 2. The van der Waals surface area contributed by atoms with Gasteiger partial charge in [0, 0.05) is 22.6 Å². The van der Waals surface area contributed by atoms with Crippen molar-refractivity contribution in [2.75, 3.05) is 14.2 Å². The van der Waals surface area contributed by atoms with E-state index in [1.54, 1.807) is 19.1 Å². The SMILES string of the molecule is COc1cc(C2C3=CCC4C(=O)N(O)C(=O)C4C3CC3=C2C(=O)C(C)=CC3=O)cc(OC)c1O. The third-order valence-corrected chi connectivity index (χ3v) is 7.38. The van der Waals surface area contributed by atoms with Gasteiger partial charge in [-0.05, 0) is 49.5 Å². The Labute approximate surface area is 194 Å². The van der Waals surface area contributed by atoms with Gasteiger partial charge in [0.2, 0.25) is 5.75 Å². The van der Waals surface area contributed by atoms with E-state index >= 15 is 0 Å². The minimum Gasteiger partial charge on any atom is -0.502 e. The molecule has 2 N–H and O–H groups in total. The number of hydrogen-bond donors (Lipinski definition) is 2. The molecular formula is C25H23NO8. The van der Waals surface area contributed by atoms with Gasteiger partial charge >= 0.3 is 0 Å². The quantitative estimate of drug-likeness (QED) is 0.301. The van der Waals surface area contributed by atoms with Gasteiger partial charge in [-0.15, -0.1) is 0 Å². The van der Waals surface area contributed by atoms with Crippen LogP contribution in [0.1, 0.15) is 31.2 Å². The molecule has 1 aromatic rings. The Morgan fingerprint density at radius 2 is 1.65 bits per heavy atom. The molecule has 5 rings (SSSR count). The fourth-order valence-corrected chi connectivity index (χ4v) is 5.80. The van der Waals surface area contributed by atoms with E-state index in [0.717, 1.165) is 5.57 Å². The van der Waals surface area contributed by atoms with Crippen LogP contribution in [-0.4, -0.2) is 53.0 Å². The number of hydroxylamine groups is 2. The number of fused-ring (bicyclic) bond motifs is 3. The summed E-state index contributed by atoms with van der Waals surface area (Å²) >= 11 is 0. The topological polar surface area (TPSA) is 130 Å². The van der Waals surface area contributed by atoms with Crippen LogP contribution in [0.25, 0.3) is 0 Å². The maximum atomic E-state index is 13.3. The van der Waals surface area contributed by atoms with Crippen LogP contribution in [0.2, 0.25) is 0 Å². The number of allylic oxidation sites excluding steroid dienone is 6. The molecule has 0 saturated carbocycles. The van der Waals surface area contributed by atoms with Crippen molar-refractivity contribution in [2.24, 2.45) is 17.8 Å². The summed E-state index contributed by atoms with van der Waals surface area (Å²) in [6, 6.07) is 3.15. The molecule has 1 aliphatic heterocycles. The lowest BCUT2D eigenvalue weighted by Crippen LogP contribution is -2.39. The Kier molecular flexibility index (Phi) is 4.98. The molecule has 176 valence electrons. The smallest absolute Gasteiger partial charge is 0.257 e. The minimum absolute atomic E-state index is 0.117. The Morgan fingerprint density at radius 1 is 1.00 bits per heavy atom. The highest BCUT2D eigenvalue weighted by Gasteiger charge is 2.56. The highest BCUT2D eigenvalue weighted by molar-refractivity contribution is 6.23. The van der Waals surface area contributed by atoms with E-state index in [-0.39, 0.29) is 46.7 Å². The van der Waals surface area contributed by atoms with Crippen LogP contribution >= 0.6 is 0 Å². The van der Waals surface area contributed by atoms with Gasteiger partial charge in [-0.25, -0.2) is 0 Å². The molecule has 1 saturated heterocycles. The number of imide groups is 1. The van der Waals surface area contributed by atoms with Crippen molar-refractivity contribution in [3.05, 3.63) is 52.1 Å². The first-order chi connectivity index (χ1) is 16.2. The van der Waals surface area contributed by atoms with Crippen molar-refractivity contribution >= 4 is 23.4 Å². The van der Waals surface area contributed by atoms with Crippen molar-refractivity contribution < 1.29 is 39.0 Å². The summed E-state index contributed by atoms with van der Waals surface area (Å²) in [6.45, 7) is 1.58. The first-order valence-corrected chi connectivity index (χ1v) is 10.9. The first-order valence-electron chi connectivity index (χ1n) is 10.9. The molecule has 4 atom stereocenters. The van der Waals surface area contributed by atoms with Gasteiger partial charge < -0.3 is 14.6 Å². The second kappa shape index (κ2) is 7.66. The molecule has 1 fully saturated rings. The maximum Gasteiger partial charge on any atom is 0.257 e. The number of rotatable bonds is 3. The van der Waals surface area contributed by atoms with E-state index in [1.165, 1.54) is 20.3 Å². The van der Waals surface area contributed by atoms with Gasteiger partial charge in [0.15, 0.2) is 23.1 Å². The summed E-state index contributed by atoms with van der Waals surface area (Å²) in [5.74, 6) is -4.70. The molecule has 1 aromatic carbocycles. The summed E-state index contributed by atoms with van der Waals surface area (Å²) in [5.41, 5.74) is 2.20. The summed E-state index contributed by atoms with van der Waals surface area (Å²) < 4.78 is 10.6. The fraction of sp³-hybridized carbons (Fsp3) is 0.360. The van der Waals surface area contributed by atoms with E-state index in [9.17, 15) is 29.5 Å². The molecule has 0 radical (unpaired) electrons. The summed E-state index contributed by atoms with van der Waals surface area (Å²) in [7, 11) is 2.77. The van der Waals surface area contributed by atoms with Crippen molar-refractivity contribution in [3.63, 3.8) is 0 Å². The predicted octanol–water partition coefficient (Wildman–Crippen LogP) is 2.23.